The number of amides is 2. The quantitative estimate of drug-likeness (QED) is 0.749. The number of methoxy groups -OCH3 is 1. The number of hydrogen-bond donors (Lipinski definition) is 3. The first-order chi connectivity index (χ1) is 11.5. The Bertz CT molecular complexity index is 739. The number of rotatable bonds is 6. The highest BCUT2D eigenvalue weighted by Gasteiger charge is 2.09. The van der Waals surface area contributed by atoms with Crippen LogP contribution < -0.4 is 15.4 Å². The number of carboxylic acids is 1. The van der Waals surface area contributed by atoms with Gasteiger partial charge >= 0.3 is 5.97 Å². The summed E-state index contributed by atoms with van der Waals surface area (Å²) in [7, 11) is 1.54. The average Bonchev–Trinajstić information content (AvgIpc) is 2.60. The second kappa shape index (κ2) is 7.77. The van der Waals surface area contributed by atoms with E-state index in [9.17, 15) is 14.4 Å². The lowest BCUT2D eigenvalue weighted by molar-refractivity contribution is -0.135. The van der Waals surface area contributed by atoms with Crippen LogP contribution in [0.1, 0.15) is 20.7 Å². The zero-order valence-corrected chi connectivity index (χ0v) is 12.9. The largest absolute Gasteiger partial charge is 0.497 e. The Morgan fingerprint density at radius 3 is 2.00 bits per heavy atom. The Balaban J connectivity index is 1.98. The molecule has 0 atom stereocenters. The van der Waals surface area contributed by atoms with Gasteiger partial charge in [-0.3, -0.25) is 14.4 Å². The van der Waals surface area contributed by atoms with Crippen molar-refractivity contribution in [1.82, 2.24) is 5.32 Å². The summed E-state index contributed by atoms with van der Waals surface area (Å²) >= 11 is 0. The molecule has 0 radical (unpaired) electrons. The molecule has 2 amide bonds. The van der Waals surface area contributed by atoms with Crippen molar-refractivity contribution in [3.8, 4) is 5.75 Å². The van der Waals surface area contributed by atoms with Gasteiger partial charge in [-0.05, 0) is 48.5 Å². The van der Waals surface area contributed by atoms with E-state index in [4.69, 9.17) is 9.84 Å². The summed E-state index contributed by atoms with van der Waals surface area (Å²) in [5.74, 6) is -1.25. The molecule has 124 valence electrons. The Hall–Kier alpha value is -3.35. The van der Waals surface area contributed by atoms with Gasteiger partial charge < -0.3 is 20.5 Å². The summed E-state index contributed by atoms with van der Waals surface area (Å²) in [4.78, 5) is 34.2. The van der Waals surface area contributed by atoms with Crippen molar-refractivity contribution in [1.29, 1.82) is 0 Å². The van der Waals surface area contributed by atoms with E-state index in [0.717, 1.165) is 0 Å². The molecule has 2 rings (SSSR count). The number of anilines is 1. The lowest BCUT2D eigenvalue weighted by Crippen LogP contribution is -2.29. The molecule has 0 heterocycles. The van der Waals surface area contributed by atoms with Crippen molar-refractivity contribution < 1.29 is 24.2 Å². The lowest BCUT2D eigenvalue weighted by Gasteiger charge is -2.07. The number of carbonyl (C=O) groups is 3. The second-order valence-electron chi connectivity index (χ2n) is 4.84. The number of carboxylic acid groups (broad SMARTS) is 1. The van der Waals surface area contributed by atoms with E-state index in [-0.39, 0.29) is 5.91 Å². The Kier molecular flexibility index (Phi) is 5.51. The van der Waals surface area contributed by atoms with Crippen LogP contribution in [0.25, 0.3) is 0 Å². The molecule has 0 unspecified atom stereocenters. The van der Waals surface area contributed by atoms with E-state index in [1.54, 1.807) is 43.5 Å². The molecule has 2 aromatic carbocycles. The Morgan fingerprint density at radius 2 is 1.46 bits per heavy atom. The smallest absolute Gasteiger partial charge is 0.322 e. The number of carbonyl (C=O) groups excluding carboxylic acids is 2. The molecular formula is C17H16N2O5. The van der Waals surface area contributed by atoms with E-state index in [2.05, 4.69) is 10.6 Å². The van der Waals surface area contributed by atoms with E-state index in [0.29, 0.717) is 22.6 Å². The molecule has 0 aromatic heterocycles. The first-order valence-corrected chi connectivity index (χ1v) is 7.05. The molecule has 0 bridgehead atoms. The van der Waals surface area contributed by atoms with Crippen LogP contribution in [0, 0.1) is 0 Å². The average molecular weight is 328 g/mol. The second-order valence-corrected chi connectivity index (χ2v) is 4.84. The minimum absolute atomic E-state index is 0.291. The molecule has 0 saturated carbocycles. The van der Waals surface area contributed by atoms with E-state index in [1.165, 1.54) is 12.1 Å². The van der Waals surface area contributed by atoms with Gasteiger partial charge in [-0.1, -0.05) is 0 Å². The van der Waals surface area contributed by atoms with Gasteiger partial charge in [0.2, 0.25) is 0 Å². The monoisotopic (exact) mass is 328 g/mol. The molecule has 0 aliphatic heterocycles. The number of nitrogens with one attached hydrogen (secondary N) is 2. The number of benzene rings is 2. The summed E-state index contributed by atoms with van der Waals surface area (Å²) in [6, 6.07) is 12.8. The van der Waals surface area contributed by atoms with Gasteiger partial charge in [-0.15, -0.1) is 0 Å². The summed E-state index contributed by atoms with van der Waals surface area (Å²) in [5.41, 5.74) is 1.29. The van der Waals surface area contributed by atoms with Crippen molar-refractivity contribution in [2.75, 3.05) is 19.0 Å². The molecule has 0 saturated heterocycles. The minimum atomic E-state index is -1.12. The van der Waals surface area contributed by atoms with E-state index < -0.39 is 18.4 Å². The summed E-state index contributed by atoms with van der Waals surface area (Å²) in [6.07, 6.45) is 0. The molecular weight excluding hydrogens is 312 g/mol. The molecule has 0 aliphatic rings. The third-order valence-corrected chi connectivity index (χ3v) is 3.16. The number of aliphatic carboxylic acids is 1. The van der Waals surface area contributed by atoms with Crippen LogP contribution >= 0.6 is 0 Å². The third kappa shape index (κ3) is 4.57. The van der Waals surface area contributed by atoms with Gasteiger partial charge in [0, 0.05) is 16.8 Å². The zero-order valence-electron chi connectivity index (χ0n) is 12.9. The van der Waals surface area contributed by atoms with Gasteiger partial charge in [0.25, 0.3) is 11.8 Å². The maximum absolute atomic E-state index is 12.1. The molecule has 7 nitrogen and oxygen atoms in total. The van der Waals surface area contributed by atoms with E-state index >= 15 is 0 Å². The number of hydrogen-bond acceptors (Lipinski definition) is 4. The third-order valence-electron chi connectivity index (χ3n) is 3.16. The Labute approximate surface area is 138 Å². The fraction of sp³-hybridized carbons (Fsp3) is 0.118. The van der Waals surface area contributed by atoms with Crippen LogP contribution in [0.15, 0.2) is 48.5 Å². The van der Waals surface area contributed by atoms with Crippen molar-refractivity contribution in [2.24, 2.45) is 0 Å². The Morgan fingerprint density at radius 1 is 0.917 bits per heavy atom. The normalized spacial score (nSPS) is 9.88. The van der Waals surface area contributed by atoms with Crippen LogP contribution in [0.2, 0.25) is 0 Å². The first kappa shape index (κ1) is 17.0. The molecule has 3 N–H and O–H groups in total. The highest BCUT2D eigenvalue weighted by molar-refractivity contribution is 6.04. The van der Waals surface area contributed by atoms with Gasteiger partial charge in [-0.25, -0.2) is 0 Å². The van der Waals surface area contributed by atoms with Crippen LogP contribution in [-0.2, 0) is 4.79 Å². The van der Waals surface area contributed by atoms with Crippen LogP contribution in [0.4, 0.5) is 5.69 Å². The molecule has 0 fully saturated rings. The highest BCUT2D eigenvalue weighted by Crippen LogP contribution is 2.14. The van der Waals surface area contributed by atoms with Crippen LogP contribution in [0.3, 0.4) is 0 Å². The van der Waals surface area contributed by atoms with Crippen LogP contribution in [0.5, 0.6) is 5.75 Å². The summed E-state index contributed by atoms with van der Waals surface area (Å²) in [6.45, 7) is -0.450. The predicted octanol–water partition coefficient (Wildman–Crippen LogP) is 1.76. The van der Waals surface area contributed by atoms with Gasteiger partial charge in [-0.2, -0.15) is 0 Å². The topological polar surface area (TPSA) is 105 Å². The predicted molar refractivity (Wildman–Crippen MR) is 87.4 cm³/mol. The zero-order chi connectivity index (χ0) is 17.5. The summed E-state index contributed by atoms with van der Waals surface area (Å²) in [5, 5.41) is 13.5. The van der Waals surface area contributed by atoms with Crippen molar-refractivity contribution in [3.05, 3.63) is 59.7 Å². The van der Waals surface area contributed by atoms with Crippen molar-refractivity contribution >= 4 is 23.5 Å². The molecule has 24 heavy (non-hydrogen) atoms. The number of ether oxygens (including phenoxy) is 1. The van der Waals surface area contributed by atoms with Crippen molar-refractivity contribution in [3.63, 3.8) is 0 Å². The molecule has 0 spiro atoms. The summed E-state index contributed by atoms with van der Waals surface area (Å²) < 4.78 is 5.03. The minimum Gasteiger partial charge on any atom is -0.497 e. The lowest BCUT2D eigenvalue weighted by atomic mass is 10.1. The fourth-order valence-electron chi connectivity index (χ4n) is 1.91. The maximum Gasteiger partial charge on any atom is 0.322 e. The van der Waals surface area contributed by atoms with Crippen molar-refractivity contribution in [2.45, 2.75) is 0 Å². The molecule has 2 aromatic rings. The highest BCUT2D eigenvalue weighted by atomic mass is 16.5. The molecule has 0 aliphatic carbocycles. The van der Waals surface area contributed by atoms with Gasteiger partial charge in [0.05, 0.1) is 7.11 Å². The fourth-order valence-corrected chi connectivity index (χ4v) is 1.91. The van der Waals surface area contributed by atoms with E-state index in [1.807, 2.05) is 0 Å². The molecule has 7 heteroatoms. The van der Waals surface area contributed by atoms with Gasteiger partial charge in [0.15, 0.2) is 0 Å². The standard InChI is InChI=1S/C17H16N2O5/c1-24-14-8-4-12(5-9-14)17(23)19-13-6-2-11(3-7-13)16(22)18-10-15(20)21/h2-9H,10H2,1H3,(H,18,22)(H,19,23)(H,20,21). The van der Waals surface area contributed by atoms with Crippen LogP contribution in [-0.4, -0.2) is 36.5 Å². The first-order valence-electron chi connectivity index (χ1n) is 7.05. The van der Waals surface area contributed by atoms with Gasteiger partial charge in [0.1, 0.15) is 12.3 Å². The SMILES string of the molecule is COc1ccc(C(=O)Nc2ccc(C(=O)NCC(=O)O)cc2)cc1. The maximum atomic E-state index is 12.1.